The zero-order valence-electron chi connectivity index (χ0n) is 13.4. The Labute approximate surface area is 137 Å². The zero-order chi connectivity index (χ0) is 18.4. The minimum atomic E-state index is -5.17. The minimum absolute atomic E-state index is 0.259. The number of alkyl halides is 3. The maximum atomic E-state index is 13.6. The number of ether oxygens (including phenoxy) is 1. The lowest BCUT2D eigenvalue weighted by molar-refractivity contribution is -0.217. The van der Waals surface area contributed by atoms with E-state index in [2.05, 4.69) is 10.2 Å². The van der Waals surface area contributed by atoms with Gasteiger partial charge in [0, 0.05) is 19.8 Å². The standard InChI is InChI=1S/C14H19F3N4O3/c1-4-24-11(22)13(14(15,16)17,18-12(23)21(2)3)20-19-10-8-6-5-7-9-10/h5-9,19-20H,4H2,1-3H3,(H,18,23)/t13-/m0/s1. The Morgan fingerprint density at radius 1 is 1.17 bits per heavy atom. The molecular weight excluding hydrogens is 329 g/mol. The van der Waals surface area contributed by atoms with Crippen molar-refractivity contribution in [1.29, 1.82) is 0 Å². The Bertz CT molecular complexity index is 566. The van der Waals surface area contributed by atoms with Crippen molar-refractivity contribution in [2.24, 2.45) is 0 Å². The van der Waals surface area contributed by atoms with Crippen molar-refractivity contribution in [2.75, 3.05) is 26.1 Å². The highest BCUT2D eigenvalue weighted by Gasteiger charge is 2.63. The first kappa shape index (κ1) is 19.6. The van der Waals surface area contributed by atoms with Crippen LogP contribution in [0, 0.1) is 0 Å². The van der Waals surface area contributed by atoms with Crippen LogP contribution in [-0.4, -0.2) is 49.4 Å². The summed E-state index contributed by atoms with van der Waals surface area (Å²) in [4.78, 5) is 24.6. The first-order valence-corrected chi connectivity index (χ1v) is 6.95. The second kappa shape index (κ2) is 7.86. The Balaban J connectivity index is 3.18. The second-order valence-corrected chi connectivity index (χ2v) is 4.91. The number of rotatable bonds is 6. The number of carbonyl (C=O) groups excluding carboxylic acids is 2. The SMILES string of the molecule is CCOC(=O)[C@@](NNc1ccccc1)(NC(=O)N(C)C)C(F)(F)F. The molecule has 2 amide bonds. The monoisotopic (exact) mass is 348 g/mol. The molecule has 0 fully saturated rings. The summed E-state index contributed by atoms with van der Waals surface area (Å²) in [7, 11) is 2.48. The number of carbonyl (C=O) groups is 2. The molecule has 1 aromatic carbocycles. The molecule has 0 aliphatic heterocycles. The molecule has 134 valence electrons. The number of hydrazine groups is 1. The molecule has 0 radical (unpaired) electrons. The lowest BCUT2D eigenvalue weighted by Crippen LogP contribution is -2.74. The Kier molecular flexibility index (Phi) is 6.41. The molecule has 0 aromatic heterocycles. The predicted molar refractivity (Wildman–Crippen MR) is 80.8 cm³/mol. The average molecular weight is 348 g/mol. The lowest BCUT2D eigenvalue weighted by Gasteiger charge is -2.35. The van der Waals surface area contributed by atoms with E-state index in [4.69, 9.17) is 0 Å². The van der Waals surface area contributed by atoms with Gasteiger partial charge in [0.05, 0.1) is 6.61 Å². The summed E-state index contributed by atoms with van der Waals surface area (Å²) < 4.78 is 45.4. The quantitative estimate of drug-likeness (QED) is 0.414. The molecular formula is C14H19F3N4O3. The lowest BCUT2D eigenvalue weighted by atomic mass is 10.1. The molecule has 0 spiro atoms. The minimum Gasteiger partial charge on any atom is -0.463 e. The van der Waals surface area contributed by atoms with Gasteiger partial charge in [-0.3, -0.25) is 0 Å². The fraction of sp³-hybridized carbons (Fsp3) is 0.429. The number of anilines is 1. The van der Waals surface area contributed by atoms with Crippen LogP contribution < -0.4 is 16.2 Å². The number of urea groups is 1. The van der Waals surface area contributed by atoms with Gasteiger partial charge < -0.3 is 20.4 Å². The summed E-state index contributed by atoms with van der Waals surface area (Å²) >= 11 is 0. The molecule has 7 nitrogen and oxygen atoms in total. The number of benzene rings is 1. The predicted octanol–water partition coefficient (Wildman–Crippen LogP) is 1.70. The fourth-order valence-corrected chi connectivity index (χ4v) is 1.59. The van der Waals surface area contributed by atoms with Crippen LogP contribution in [0.25, 0.3) is 0 Å². The average Bonchev–Trinajstić information content (AvgIpc) is 2.51. The van der Waals surface area contributed by atoms with Crippen molar-refractivity contribution in [2.45, 2.75) is 18.8 Å². The fourth-order valence-electron chi connectivity index (χ4n) is 1.59. The van der Waals surface area contributed by atoms with Gasteiger partial charge in [-0.1, -0.05) is 18.2 Å². The highest BCUT2D eigenvalue weighted by molar-refractivity contribution is 5.88. The Hall–Kier alpha value is -2.49. The summed E-state index contributed by atoms with van der Waals surface area (Å²) in [6.45, 7) is 1.07. The van der Waals surface area contributed by atoms with Crippen LogP contribution in [0.1, 0.15) is 6.92 Å². The summed E-state index contributed by atoms with van der Waals surface area (Å²) in [6.07, 6.45) is -5.17. The molecule has 1 rings (SSSR count). The number of hydrogen-bond donors (Lipinski definition) is 3. The summed E-state index contributed by atoms with van der Waals surface area (Å²) in [6, 6.07) is 6.67. The van der Waals surface area contributed by atoms with Crippen molar-refractivity contribution in [3.63, 3.8) is 0 Å². The van der Waals surface area contributed by atoms with Crippen molar-refractivity contribution < 1.29 is 27.5 Å². The maximum absolute atomic E-state index is 13.6. The number of nitrogens with one attached hydrogen (secondary N) is 3. The van der Waals surface area contributed by atoms with Gasteiger partial charge in [-0.15, -0.1) is 0 Å². The van der Waals surface area contributed by atoms with Gasteiger partial charge in [0.25, 0.3) is 0 Å². The topological polar surface area (TPSA) is 82.7 Å². The third-order valence-electron chi connectivity index (χ3n) is 2.88. The summed E-state index contributed by atoms with van der Waals surface area (Å²) in [5.74, 6) is -1.68. The van der Waals surface area contributed by atoms with Crippen molar-refractivity contribution >= 4 is 17.7 Å². The molecule has 0 aliphatic rings. The van der Waals surface area contributed by atoms with Crippen LogP contribution in [0.2, 0.25) is 0 Å². The molecule has 0 aliphatic carbocycles. The van der Waals surface area contributed by atoms with E-state index in [1.54, 1.807) is 23.5 Å². The highest BCUT2D eigenvalue weighted by atomic mass is 19.4. The normalized spacial score (nSPS) is 13.6. The molecule has 0 bridgehead atoms. The number of nitrogens with zero attached hydrogens (tertiary/aromatic N) is 1. The Morgan fingerprint density at radius 2 is 1.75 bits per heavy atom. The maximum Gasteiger partial charge on any atom is 0.438 e. The van der Waals surface area contributed by atoms with E-state index < -0.39 is 23.8 Å². The molecule has 0 saturated carbocycles. The zero-order valence-corrected chi connectivity index (χ0v) is 13.4. The van der Waals surface area contributed by atoms with Gasteiger partial charge in [0.1, 0.15) is 0 Å². The molecule has 3 N–H and O–H groups in total. The number of halogens is 3. The number of esters is 1. The smallest absolute Gasteiger partial charge is 0.438 e. The van der Waals surface area contributed by atoms with E-state index in [1.165, 1.54) is 33.2 Å². The molecule has 0 heterocycles. The number of hydrogen-bond acceptors (Lipinski definition) is 5. The van der Waals surface area contributed by atoms with Gasteiger partial charge in [-0.05, 0) is 19.1 Å². The van der Waals surface area contributed by atoms with Crippen LogP contribution in [0.3, 0.4) is 0 Å². The van der Waals surface area contributed by atoms with Crippen LogP contribution in [0.4, 0.5) is 23.7 Å². The largest absolute Gasteiger partial charge is 0.463 e. The second-order valence-electron chi connectivity index (χ2n) is 4.91. The van der Waals surface area contributed by atoms with E-state index in [0.29, 0.717) is 0 Å². The van der Waals surface area contributed by atoms with E-state index in [0.717, 1.165) is 4.90 Å². The summed E-state index contributed by atoms with van der Waals surface area (Å²) in [5.41, 5.74) is 0.924. The van der Waals surface area contributed by atoms with E-state index in [1.807, 2.05) is 5.43 Å². The number of amides is 2. The molecule has 1 atom stereocenters. The van der Waals surface area contributed by atoms with Crippen molar-refractivity contribution in [1.82, 2.24) is 15.6 Å². The molecule has 10 heteroatoms. The van der Waals surface area contributed by atoms with Crippen molar-refractivity contribution in [3.8, 4) is 0 Å². The Morgan fingerprint density at radius 3 is 2.21 bits per heavy atom. The van der Waals surface area contributed by atoms with Crippen LogP contribution in [0.5, 0.6) is 0 Å². The van der Waals surface area contributed by atoms with Gasteiger partial charge in [-0.2, -0.15) is 18.6 Å². The molecule has 1 aromatic rings. The third-order valence-corrected chi connectivity index (χ3v) is 2.88. The highest BCUT2D eigenvalue weighted by Crippen LogP contribution is 2.30. The van der Waals surface area contributed by atoms with E-state index >= 15 is 0 Å². The van der Waals surface area contributed by atoms with Gasteiger partial charge in [-0.25, -0.2) is 9.59 Å². The molecule has 24 heavy (non-hydrogen) atoms. The number of para-hydroxylation sites is 1. The van der Waals surface area contributed by atoms with E-state index in [9.17, 15) is 22.8 Å². The first-order chi connectivity index (χ1) is 11.1. The summed E-state index contributed by atoms with van der Waals surface area (Å²) in [5, 5.41) is 1.64. The van der Waals surface area contributed by atoms with Gasteiger partial charge in [0.15, 0.2) is 0 Å². The van der Waals surface area contributed by atoms with Gasteiger partial charge >= 0.3 is 23.8 Å². The van der Waals surface area contributed by atoms with Gasteiger partial charge in [0.2, 0.25) is 0 Å². The van der Waals surface area contributed by atoms with Crippen LogP contribution in [-0.2, 0) is 9.53 Å². The molecule has 0 unspecified atom stereocenters. The van der Waals surface area contributed by atoms with Crippen LogP contribution >= 0.6 is 0 Å². The third kappa shape index (κ3) is 4.51. The molecule has 0 saturated heterocycles. The van der Waals surface area contributed by atoms with Crippen molar-refractivity contribution in [3.05, 3.63) is 30.3 Å². The van der Waals surface area contributed by atoms with Crippen LogP contribution in [0.15, 0.2) is 30.3 Å². The first-order valence-electron chi connectivity index (χ1n) is 6.95. The van der Waals surface area contributed by atoms with E-state index in [-0.39, 0.29) is 12.3 Å².